The zero-order valence-corrected chi connectivity index (χ0v) is 13.4. The van der Waals surface area contributed by atoms with Crippen molar-refractivity contribution in [2.45, 2.75) is 39.2 Å². The zero-order chi connectivity index (χ0) is 15.2. The summed E-state index contributed by atoms with van der Waals surface area (Å²) < 4.78 is 4.86. The second kappa shape index (κ2) is 7.60. The molecule has 0 amide bonds. The van der Waals surface area contributed by atoms with Crippen LogP contribution in [0.1, 0.15) is 32.3 Å². The number of hydrogen-bond acceptors (Lipinski definition) is 3. The fourth-order valence-electron chi connectivity index (χ4n) is 3.21. The van der Waals surface area contributed by atoms with Gasteiger partial charge in [0, 0.05) is 6.04 Å². The number of hydrogen-bond donors (Lipinski definition) is 0. The Kier molecular flexibility index (Phi) is 5.80. The molecule has 3 nitrogen and oxygen atoms in total. The van der Waals surface area contributed by atoms with Crippen molar-refractivity contribution >= 4 is 5.97 Å². The van der Waals surface area contributed by atoms with E-state index in [1.165, 1.54) is 31.9 Å². The lowest BCUT2D eigenvalue weighted by atomic mass is 9.88. The quantitative estimate of drug-likeness (QED) is 0.780. The molecule has 1 aliphatic heterocycles. The standard InChI is InChI=1S/C18H27NO2/c1-14(18(20)21-3)15(2)19-11-9-17(10-12-19)13-16-7-5-4-6-8-16/h4-8,14-15,17H,9-13H2,1-3H3. The van der Waals surface area contributed by atoms with Gasteiger partial charge in [0.1, 0.15) is 0 Å². The number of nitrogens with zero attached hydrogens (tertiary/aromatic N) is 1. The van der Waals surface area contributed by atoms with Gasteiger partial charge in [0.25, 0.3) is 0 Å². The van der Waals surface area contributed by atoms with Gasteiger partial charge in [-0.2, -0.15) is 0 Å². The molecule has 0 radical (unpaired) electrons. The van der Waals surface area contributed by atoms with Crippen LogP contribution in [0.3, 0.4) is 0 Å². The van der Waals surface area contributed by atoms with Gasteiger partial charge in [-0.25, -0.2) is 0 Å². The molecule has 2 rings (SSSR count). The minimum absolute atomic E-state index is 0.0549. The molecule has 3 heteroatoms. The van der Waals surface area contributed by atoms with Gasteiger partial charge in [-0.1, -0.05) is 37.3 Å². The van der Waals surface area contributed by atoms with Crippen molar-refractivity contribution in [2.75, 3.05) is 20.2 Å². The summed E-state index contributed by atoms with van der Waals surface area (Å²) in [7, 11) is 1.47. The second-order valence-electron chi connectivity index (χ2n) is 6.22. The summed E-state index contributed by atoms with van der Waals surface area (Å²) in [5.74, 6) is 0.610. The zero-order valence-electron chi connectivity index (χ0n) is 13.4. The van der Waals surface area contributed by atoms with Crippen LogP contribution in [0.15, 0.2) is 30.3 Å². The number of ether oxygens (including phenoxy) is 1. The van der Waals surface area contributed by atoms with Crippen LogP contribution >= 0.6 is 0 Å². The van der Waals surface area contributed by atoms with E-state index in [1.807, 2.05) is 6.92 Å². The molecule has 1 aromatic carbocycles. The van der Waals surface area contributed by atoms with Crippen LogP contribution in [0.5, 0.6) is 0 Å². The number of esters is 1. The minimum Gasteiger partial charge on any atom is -0.469 e. The Hall–Kier alpha value is -1.35. The molecule has 0 N–H and O–H groups in total. The van der Waals surface area contributed by atoms with E-state index in [0.29, 0.717) is 0 Å². The fourth-order valence-corrected chi connectivity index (χ4v) is 3.21. The second-order valence-corrected chi connectivity index (χ2v) is 6.22. The van der Waals surface area contributed by atoms with Crippen LogP contribution in [0.4, 0.5) is 0 Å². The van der Waals surface area contributed by atoms with Gasteiger partial charge in [0.2, 0.25) is 0 Å². The number of carbonyl (C=O) groups is 1. The summed E-state index contributed by atoms with van der Waals surface area (Å²) in [5, 5.41) is 0. The number of rotatable bonds is 5. The third kappa shape index (κ3) is 4.31. The highest BCUT2D eigenvalue weighted by molar-refractivity contribution is 5.72. The van der Waals surface area contributed by atoms with Crippen LogP contribution in [0.25, 0.3) is 0 Å². The Balaban J connectivity index is 1.81. The average Bonchev–Trinajstić information content (AvgIpc) is 2.54. The Bertz CT molecular complexity index is 438. The number of piperidine rings is 1. The summed E-state index contributed by atoms with van der Waals surface area (Å²) in [4.78, 5) is 14.1. The molecule has 116 valence electrons. The van der Waals surface area contributed by atoms with E-state index in [0.717, 1.165) is 19.0 Å². The largest absolute Gasteiger partial charge is 0.469 e. The maximum Gasteiger partial charge on any atom is 0.309 e. The SMILES string of the molecule is COC(=O)C(C)C(C)N1CCC(Cc2ccccc2)CC1. The maximum atomic E-state index is 11.7. The Labute approximate surface area is 128 Å². The summed E-state index contributed by atoms with van der Waals surface area (Å²) in [6.07, 6.45) is 3.61. The molecule has 2 unspecified atom stereocenters. The predicted molar refractivity (Wildman–Crippen MR) is 85.1 cm³/mol. The van der Waals surface area contributed by atoms with E-state index < -0.39 is 0 Å². The van der Waals surface area contributed by atoms with Crippen LogP contribution in [-0.4, -0.2) is 37.1 Å². The van der Waals surface area contributed by atoms with Gasteiger partial charge < -0.3 is 4.74 Å². The molecule has 21 heavy (non-hydrogen) atoms. The fraction of sp³-hybridized carbons (Fsp3) is 0.611. The van der Waals surface area contributed by atoms with Crippen molar-refractivity contribution in [1.29, 1.82) is 0 Å². The molecule has 0 aromatic heterocycles. The molecule has 0 aliphatic carbocycles. The Morgan fingerprint density at radius 3 is 2.43 bits per heavy atom. The topological polar surface area (TPSA) is 29.5 Å². The van der Waals surface area contributed by atoms with Gasteiger partial charge in [-0.15, -0.1) is 0 Å². The summed E-state index contributed by atoms with van der Waals surface area (Å²) >= 11 is 0. The molecular weight excluding hydrogens is 262 g/mol. The van der Waals surface area contributed by atoms with Gasteiger partial charge in [-0.05, 0) is 50.8 Å². The number of methoxy groups -OCH3 is 1. The molecule has 0 saturated carbocycles. The normalized spacial score (nSPS) is 20.0. The summed E-state index contributed by atoms with van der Waals surface area (Å²) in [5.41, 5.74) is 1.44. The lowest BCUT2D eigenvalue weighted by Gasteiger charge is -2.37. The molecular formula is C18H27NO2. The molecule has 2 atom stereocenters. The first-order valence-electron chi connectivity index (χ1n) is 7.97. The highest BCUT2D eigenvalue weighted by atomic mass is 16.5. The van der Waals surface area contributed by atoms with Crippen LogP contribution in [0, 0.1) is 11.8 Å². The summed E-state index contributed by atoms with van der Waals surface area (Å²) in [6, 6.07) is 11.0. The Morgan fingerprint density at radius 1 is 1.24 bits per heavy atom. The van der Waals surface area contributed by atoms with Crippen molar-refractivity contribution < 1.29 is 9.53 Å². The summed E-state index contributed by atoms with van der Waals surface area (Å²) in [6.45, 7) is 6.27. The van der Waals surface area contributed by atoms with Gasteiger partial charge in [0.05, 0.1) is 13.0 Å². The molecule has 1 aromatic rings. The van der Waals surface area contributed by atoms with Gasteiger partial charge in [0.15, 0.2) is 0 Å². The van der Waals surface area contributed by atoms with E-state index in [4.69, 9.17) is 4.74 Å². The number of likely N-dealkylation sites (tertiary alicyclic amines) is 1. The van der Waals surface area contributed by atoms with E-state index in [9.17, 15) is 4.79 Å². The molecule has 1 saturated heterocycles. The van der Waals surface area contributed by atoms with Crippen molar-refractivity contribution in [3.63, 3.8) is 0 Å². The third-order valence-corrected chi connectivity index (χ3v) is 4.89. The van der Waals surface area contributed by atoms with Gasteiger partial charge in [-0.3, -0.25) is 9.69 Å². The molecule has 1 aliphatic rings. The predicted octanol–water partition coefficient (Wildman–Crippen LogP) is 3.14. The third-order valence-electron chi connectivity index (χ3n) is 4.89. The number of carbonyl (C=O) groups excluding carboxylic acids is 1. The minimum atomic E-state index is -0.103. The van der Waals surface area contributed by atoms with Crippen LogP contribution in [0.2, 0.25) is 0 Å². The highest BCUT2D eigenvalue weighted by Gasteiger charge is 2.29. The van der Waals surface area contributed by atoms with E-state index in [2.05, 4.69) is 42.2 Å². The van der Waals surface area contributed by atoms with Crippen LogP contribution < -0.4 is 0 Å². The van der Waals surface area contributed by atoms with E-state index in [-0.39, 0.29) is 17.9 Å². The number of benzene rings is 1. The molecule has 0 spiro atoms. The molecule has 1 heterocycles. The van der Waals surface area contributed by atoms with Crippen molar-refractivity contribution in [3.05, 3.63) is 35.9 Å². The van der Waals surface area contributed by atoms with E-state index >= 15 is 0 Å². The highest BCUT2D eigenvalue weighted by Crippen LogP contribution is 2.25. The van der Waals surface area contributed by atoms with Crippen molar-refractivity contribution in [3.8, 4) is 0 Å². The first-order valence-corrected chi connectivity index (χ1v) is 7.97. The molecule has 0 bridgehead atoms. The first kappa shape index (κ1) is 16.0. The average molecular weight is 289 g/mol. The smallest absolute Gasteiger partial charge is 0.309 e. The van der Waals surface area contributed by atoms with Crippen LogP contribution in [-0.2, 0) is 16.0 Å². The lowest BCUT2D eigenvalue weighted by molar-refractivity contribution is -0.147. The lowest BCUT2D eigenvalue weighted by Crippen LogP contribution is -2.45. The first-order chi connectivity index (χ1) is 10.1. The van der Waals surface area contributed by atoms with Crippen molar-refractivity contribution in [1.82, 2.24) is 4.90 Å². The Morgan fingerprint density at radius 2 is 1.86 bits per heavy atom. The monoisotopic (exact) mass is 289 g/mol. The van der Waals surface area contributed by atoms with Gasteiger partial charge >= 0.3 is 5.97 Å². The molecule has 1 fully saturated rings. The maximum absolute atomic E-state index is 11.7. The van der Waals surface area contributed by atoms with Crippen molar-refractivity contribution in [2.24, 2.45) is 11.8 Å². The van der Waals surface area contributed by atoms with E-state index in [1.54, 1.807) is 0 Å².